The number of carbonyl (C=O) groups excluding carboxylic acids is 1. The summed E-state index contributed by atoms with van der Waals surface area (Å²) in [6.07, 6.45) is 2.56. The van der Waals surface area contributed by atoms with Crippen LogP contribution < -0.4 is 5.32 Å². The summed E-state index contributed by atoms with van der Waals surface area (Å²) in [5.74, 6) is -0.0984. The van der Waals surface area contributed by atoms with E-state index >= 15 is 0 Å². The van der Waals surface area contributed by atoms with Crippen LogP contribution >= 0.6 is 0 Å². The molecule has 2 rings (SSSR count). The molecule has 0 aromatic rings. The van der Waals surface area contributed by atoms with Crippen molar-refractivity contribution in [2.45, 2.75) is 57.7 Å². The van der Waals surface area contributed by atoms with Gasteiger partial charge in [0.1, 0.15) is 6.04 Å². The van der Waals surface area contributed by atoms with Crippen molar-refractivity contribution in [2.24, 2.45) is 11.8 Å². The number of carbonyl (C=O) groups is 2. The third-order valence-electron chi connectivity index (χ3n) is 4.84. The van der Waals surface area contributed by atoms with E-state index in [4.69, 9.17) is 5.11 Å². The number of hydrogen-bond acceptors (Lipinski definition) is 3. The van der Waals surface area contributed by atoms with Crippen molar-refractivity contribution in [1.29, 1.82) is 0 Å². The van der Waals surface area contributed by atoms with Gasteiger partial charge in [-0.1, -0.05) is 26.7 Å². The number of nitrogens with zero attached hydrogens (tertiary/aromatic N) is 1. The molecule has 3 unspecified atom stereocenters. The molecular weight excluding hydrogens is 260 g/mol. The smallest absolute Gasteiger partial charge is 0.326 e. The predicted molar refractivity (Wildman–Crippen MR) is 73.3 cm³/mol. The molecule has 3 N–H and O–H groups in total. The maximum atomic E-state index is 12.3. The predicted octanol–water partition coefficient (Wildman–Crippen LogP) is 1.04. The third kappa shape index (κ3) is 3.06. The lowest BCUT2D eigenvalue weighted by Gasteiger charge is -2.36. The highest BCUT2D eigenvalue weighted by molar-refractivity contribution is 5.83. The maximum absolute atomic E-state index is 12.3. The number of likely N-dealkylation sites (tertiary alicyclic amines) is 1. The number of hydrogen-bond donors (Lipinski definition) is 3. The van der Waals surface area contributed by atoms with Crippen molar-refractivity contribution in [1.82, 2.24) is 10.2 Å². The number of rotatable bonds is 2. The summed E-state index contributed by atoms with van der Waals surface area (Å²) in [5.41, 5.74) is 0. The summed E-state index contributed by atoms with van der Waals surface area (Å²) in [6.45, 7) is 4.41. The minimum absolute atomic E-state index is 0.0958. The molecule has 2 fully saturated rings. The van der Waals surface area contributed by atoms with Crippen molar-refractivity contribution >= 4 is 12.0 Å². The number of carboxylic acid groups (broad SMARTS) is 1. The van der Waals surface area contributed by atoms with Gasteiger partial charge in [0.05, 0.1) is 6.10 Å². The van der Waals surface area contributed by atoms with E-state index in [0.717, 1.165) is 12.8 Å². The summed E-state index contributed by atoms with van der Waals surface area (Å²) in [7, 11) is 0. The van der Waals surface area contributed by atoms with E-state index in [9.17, 15) is 14.7 Å². The Balaban J connectivity index is 1.98. The average molecular weight is 284 g/mol. The Morgan fingerprint density at radius 2 is 1.95 bits per heavy atom. The van der Waals surface area contributed by atoms with Crippen LogP contribution in [-0.4, -0.2) is 51.8 Å². The molecule has 2 amide bonds. The Morgan fingerprint density at radius 3 is 2.60 bits per heavy atom. The number of aliphatic hydroxyl groups excluding tert-OH is 1. The fraction of sp³-hybridized carbons (Fsp3) is 0.857. The van der Waals surface area contributed by atoms with Gasteiger partial charge in [-0.05, 0) is 18.3 Å². The molecule has 6 heteroatoms. The molecule has 1 saturated carbocycles. The molecule has 0 aromatic carbocycles. The van der Waals surface area contributed by atoms with E-state index in [-0.39, 0.29) is 25.0 Å². The molecule has 20 heavy (non-hydrogen) atoms. The molecule has 0 bridgehead atoms. The molecule has 1 heterocycles. The second-order valence-electron chi connectivity index (χ2n) is 6.22. The zero-order valence-corrected chi connectivity index (χ0v) is 12.1. The second kappa shape index (κ2) is 5.99. The standard InChI is InChI=1S/C14H24N2O4/c1-8-4-3-5-11(9(8)2)15-14(20)16-7-10(17)6-12(16)13(18)19/h8-12,17H,3-7H2,1-2H3,(H,15,20)(H,18,19)/t8?,9?,10-,11?,12-/m0/s1. The highest BCUT2D eigenvalue weighted by Gasteiger charge is 2.40. The molecule has 6 nitrogen and oxygen atoms in total. The first kappa shape index (κ1) is 15.1. The molecule has 0 spiro atoms. The van der Waals surface area contributed by atoms with Gasteiger partial charge in [-0.25, -0.2) is 9.59 Å². The van der Waals surface area contributed by atoms with Crippen molar-refractivity contribution < 1.29 is 19.8 Å². The molecule has 1 aliphatic carbocycles. The number of urea groups is 1. The van der Waals surface area contributed by atoms with Crippen LogP contribution in [0.25, 0.3) is 0 Å². The molecule has 2 aliphatic rings. The first-order chi connectivity index (χ1) is 9.40. The average Bonchev–Trinajstić information content (AvgIpc) is 2.77. The largest absolute Gasteiger partial charge is 0.480 e. The zero-order chi connectivity index (χ0) is 14.9. The van der Waals surface area contributed by atoms with E-state index in [1.807, 2.05) is 0 Å². The molecule has 5 atom stereocenters. The molecule has 0 radical (unpaired) electrons. The number of β-amino-alcohol motifs (C(OH)–C–C–N with tert-alkyl or cyclic N) is 1. The monoisotopic (exact) mass is 284 g/mol. The molecule has 114 valence electrons. The minimum Gasteiger partial charge on any atom is -0.480 e. The van der Waals surface area contributed by atoms with Gasteiger partial charge in [-0.15, -0.1) is 0 Å². The lowest BCUT2D eigenvalue weighted by atomic mass is 9.78. The minimum atomic E-state index is -1.05. The lowest BCUT2D eigenvalue weighted by molar-refractivity contribution is -0.141. The summed E-state index contributed by atoms with van der Waals surface area (Å²) in [4.78, 5) is 24.7. The van der Waals surface area contributed by atoms with Crippen molar-refractivity contribution in [2.75, 3.05) is 6.54 Å². The third-order valence-corrected chi connectivity index (χ3v) is 4.84. The van der Waals surface area contributed by atoms with Gasteiger partial charge in [0.2, 0.25) is 0 Å². The molecular formula is C14H24N2O4. The SMILES string of the molecule is CC1CCCC(NC(=O)N2C[C@@H](O)C[C@H]2C(=O)O)C1C. The maximum Gasteiger partial charge on any atom is 0.326 e. The van der Waals surface area contributed by atoms with E-state index in [1.165, 1.54) is 11.3 Å². The quantitative estimate of drug-likeness (QED) is 0.707. The van der Waals surface area contributed by atoms with Crippen LogP contribution in [0.2, 0.25) is 0 Å². The van der Waals surface area contributed by atoms with Gasteiger partial charge in [0.15, 0.2) is 0 Å². The van der Waals surface area contributed by atoms with E-state index in [1.54, 1.807) is 0 Å². The van der Waals surface area contributed by atoms with Crippen LogP contribution in [0, 0.1) is 11.8 Å². The number of amides is 2. The fourth-order valence-electron chi connectivity index (χ4n) is 3.30. The summed E-state index contributed by atoms with van der Waals surface area (Å²) in [6, 6.07) is -1.18. The van der Waals surface area contributed by atoms with Crippen LogP contribution in [0.15, 0.2) is 0 Å². The number of carboxylic acids is 1. The topological polar surface area (TPSA) is 89.9 Å². The van der Waals surface area contributed by atoms with Gasteiger partial charge >= 0.3 is 12.0 Å². The normalized spacial score (nSPS) is 37.8. The van der Waals surface area contributed by atoms with Gasteiger partial charge in [-0.2, -0.15) is 0 Å². The molecule has 1 aliphatic heterocycles. The molecule has 0 aromatic heterocycles. The van der Waals surface area contributed by atoms with E-state index < -0.39 is 18.1 Å². The second-order valence-corrected chi connectivity index (χ2v) is 6.22. The van der Waals surface area contributed by atoms with Crippen LogP contribution in [-0.2, 0) is 4.79 Å². The first-order valence-electron chi connectivity index (χ1n) is 7.38. The van der Waals surface area contributed by atoms with Crippen molar-refractivity contribution in [3.8, 4) is 0 Å². The van der Waals surface area contributed by atoms with Crippen molar-refractivity contribution in [3.05, 3.63) is 0 Å². The summed E-state index contributed by atoms with van der Waals surface area (Å²) < 4.78 is 0. The van der Waals surface area contributed by atoms with E-state index in [2.05, 4.69) is 19.2 Å². The van der Waals surface area contributed by atoms with Crippen LogP contribution in [0.5, 0.6) is 0 Å². The van der Waals surface area contributed by atoms with Gasteiger partial charge in [-0.3, -0.25) is 0 Å². The summed E-state index contributed by atoms with van der Waals surface area (Å²) in [5, 5.41) is 21.7. The Bertz CT molecular complexity index is 387. The highest BCUT2D eigenvalue weighted by Crippen LogP contribution is 2.30. The number of aliphatic carboxylic acids is 1. The highest BCUT2D eigenvalue weighted by atomic mass is 16.4. The number of aliphatic hydroxyl groups is 1. The van der Waals surface area contributed by atoms with Crippen molar-refractivity contribution in [3.63, 3.8) is 0 Å². The Morgan fingerprint density at radius 1 is 1.25 bits per heavy atom. The zero-order valence-electron chi connectivity index (χ0n) is 12.1. The van der Waals surface area contributed by atoms with Gasteiger partial charge in [0.25, 0.3) is 0 Å². The van der Waals surface area contributed by atoms with Crippen LogP contribution in [0.1, 0.15) is 39.5 Å². The van der Waals surface area contributed by atoms with Gasteiger partial charge < -0.3 is 20.4 Å². The lowest BCUT2D eigenvalue weighted by Crippen LogP contribution is -2.52. The summed E-state index contributed by atoms with van der Waals surface area (Å²) >= 11 is 0. The first-order valence-corrected chi connectivity index (χ1v) is 7.38. The Labute approximate surface area is 119 Å². The van der Waals surface area contributed by atoms with Crippen LogP contribution in [0.4, 0.5) is 4.79 Å². The Kier molecular flexibility index (Phi) is 4.52. The fourth-order valence-corrected chi connectivity index (χ4v) is 3.30. The number of nitrogens with one attached hydrogen (secondary N) is 1. The Hall–Kier alpha value is -1.30. The van der Waals surface area contributed by atoms with Gasteiger partial charge in [0, 0.05) is 19.0 Å². The molecule has 1 saturated heterocycles. The van der Waals surface area contributed by atoms with Crippen LogP contribution in [0.3, 0.4) is 0 Å². The van der Waals surface area contributed by atoms with E-state index in [0.29, 0.717) is 11.8 Å².